The summed E-state index contributed by atoms with van der Waals surface area (Å²) < 4.78 is 1.88. The Labute approximate surface area is 102 Å². The lowest BCUT2D eigenvalue weighted by molar-refractivity contribution is 0.412. The predicted octanol–water partition coefficient (Wildman–Crippen LogP) is 1.79. The van der Waals surface area contributed by atoms with E-state index in [0.717, 1.165) is 13.0 Å². The van der Waals surface area contributed by atoms with Crippen LogP contribution in [0.3, 0.4) is 0 Å². The Kier molecular flexibility index (Phi) is 6.49. The van der Waals surface area contributed by atoms with Crippen LogP contribution in [0.1, 0.15) is 26.7 Å². The van der Waals surface area contributed by atoms with Crippen molar-refractivity contribution in [2.45, 2.75) is 45.3 Å². The topological polar surface area (TPSA) is 42.7 Å². The first-order valence-corrected chi connectivity index (χ1v) is 7.23. The molecule has 1 N–H and O–H groups in total. The van der Waals surface area contributed by atoms with Crippen molar-refractivity contribution in [1.29, 1.82) is 0 Å². The monoisotopic (exact) mass is 242 g/mol. The maximum absolute atomic E-state index is 4.10. The standard InChI is InChI=1S/C11H22N4S/c1-4-11(7-16-3)14-10(2)5-6-15-9-12-8-13-15/h8-11,14H,4-7H2,1-3H3. The summed E-state index contributed by atoms with van der Waals surface area (Å²) in [5, 5.41) is 7.75. The second-order valence-corrected chi connectivity index (χ2v) is 4.99. The smallest absolute Gasteiger partial charge is 0.137 e. The summed E-state index contributed by atoms with van der Waals surface area (Å²) in [6, 6.07) is 1.15. The Bertz CT molecular complexity index is 263. The molecule has 1 aromatic rings. The summed E-state index contributed by atoms with van der Waals surface area (Å²) in [4.78, 5) is 3.93. The summed E-state index contributed by atoms with van der Waals surface area (Å²) in [6.07, 6.45) is 7.79. The van der Waals surface area contributed by atoms with Crippen molar-refractivity contribution >= 4 is 11.8 Å². The van der Waals surface area contributed by atoms with Gasteiger partial charge in [-0.25, -0.2) is 4.98 Å². The first-order valence-electron chi connectivity index (χ1n) is 5.83. The highest BCUT2D eigenvalue weighted by Crippen LogP contribution is 2.04. The van der Waals surface area contributed by atoms with Crippen LogP contribution >= 0.6 is 11.8 Å². The molecule has 0 aliphatic rings. The van der Waals surface area contributed by atoms with Crippen LogP contribution in [0, 0.1) is 0 Å². The number of nitrogens with zero attached hydrogens (tertiary/aromatic N) is 3. The predicted molar refractivity (Wildman–Crippen MR) is 69.7 cm³/mol. The van der Waals surface area contributed by atoms with Crippen LogP contribution < -0.4 is 5.32 Å². The van der Waals surface area contributed by atoms with Crippen LogP contribution in [0.4, 0.5) is 0 Å². The molecule has 5 heteroatoms. The molecular weight excluding hydrogens is 220 g/mol. The van der Waals surface area contributed by atoms with Gasteiger partial charge in [0.15, 0.2) is 0 Å². The normalized spacial score (nSPS) is 14.9. The van der Waals surface area contributed by atoms with Crippen molar-refractivity contribution in [3.05, 3.63) is 12.7 Å². The van der Waals surface area contributed by atoms with Crippen LogP contribution in [-0.2, 0) is 6.54 Å². The fourth-order valence-electron chi connectivity index (χ4n) is 1.64. The molecular formula is C11H22N4S. The third-order valence-electron chi connectivity index (χ3n) is 2.64. The number of nitrogens with one attached hydrogen (secondary N) is 1. The number of aryl methyl sites for hydroxylation is 1. The van der Waals surface area contributed by atoms with Crippen LogP contribution in [0.15, 0.2) is 12.7 Å². The van der Waals surface area contributed by atoms with E-state index in [-0.39, 0.29) is 0 Å². The third kappa shape index (κ3) is 4.99. The van der Waals surface area contributed by atoms with E-state index in [9.17, 15) is 0 Å². The van der Waals surface area contributed by atoms with Crippen LogP contribution in [0.25, 0.3) is 0 Å². The van der Waals surface area contributed by atoms with Gasteiger partial charge < -0.3 is 5.32 Å². The minimum Gasteiger partial charge on any atom is -0.311 e. The van der Waals surface area contributed by atoms with Crippen molar-refractivity contribution < 1.29 is 0 Å². The van der Waals surface area contributed by atoms with E-state index in [2.05, 4.69) is 35.5 Å². The molecule has 0 radical (unpaired) electrons. The van der Waals surface area contributed by atoms with Gasteiger partial charge in [-0.15, -0.1) is 0 Å². The summed E-state index contributed by atoms with van der Waals surface area (Å²) in [5.74, 6) is 1.18. The van der Waals surface area contributed by atoms with Crippen LogP contribution in [0.5, 0.6) is 0 Å². The maximum Gasteiger partial charge on any atom is 0.137 e. The Morgan fingerprint density at radius 3 is 2.88 bits per heavy atom. The Hall–Kier alpha value is -0.550. The lowest BCUT2D eigenvalue weighted by Gasteiger charge is -2.21. The van der Waals surface area contributed by atoms with E-state index in [0.29, 0.717) is 12.1 Å². The van der Waals surface area contributed by atoms with Gasteiger partial charge in [0.25, 0.3) is 0 Å². The number of rotatable bonds is 8. The molecule has 0 fully saturated rings. The zero-order valence-corrected chi connectivity index (χ0v) is 11.2. The van der Waals surface area contributed by atoms with Gasteiger partial charge in [0, 0.05) is 24.4 Å². The van der Waals surface area contributed by atoms with Gasteiger partial charge in [-0.3, -0.25) is 4.68 Å². The first-order chi connectivity index (χ1) is 7.76. The molecule has 0 aliphatic carbocycles. The number of aromatic nitrogens is 3. The summed E-state index contributed by atoms with van der Waals surface area (Å²) in [6.45, 7) is 5.40. The third-order valence-corrected chi connectivity index (χ3v) is 3.37. The van der Waals surface area contributed by atoms with Crippen molar-refractivity contribution in [2.24, 2.45) is 0 Å². The van der Waals surface area contributed by atoms with Crippen molar-refractivity contribution in [3.63, 3.8) is 0 Å². The fraction of sp³-hybridized carbons (Fsp3) is 0.818. The molecule has 0 aromatic carbocycles. The zero-order chi connectivity index (χ0) is 11.8. The van der Waals surface area contributed by atoms with E-state index < -0.39 is 0 Å². The minimum atomic E-state index is 0.529. The Morgan fingerprint density at radius 2 is 2.31 bits per heavy atom. The molecule has 0 saturated heterocycles. The van der Waals surface area contributed by atoms with E-state index in [1.807, 2.05) is 16.4 Å². The number of hydrogen-bond acceptors (Lipinski definition) is 4. The molecule has 1 aromatic heterocycles. The molecule has 0 amide bonds. The van der Waals surface area contributed by atoms with Gasteiger partial charge in [0.2, 0.25) is 0 Å². The van der Waals surface area contributed by atoms with Crippen LogP contribution in [0.2, 0.25) is 0 Å². The lowest BCUT2D eigenvalue weighted by atomic mass is 10.2. The molecule has 4 nitrogen and oxygen atoms in total. The second kappa shape index (κ2) is 7.68. The van der Waals surface area contributed by atoms with Crippen molar-refractivity contribution in [3.8, 4) is 0 Å². The highest BCUT2D eigenvalue weighted by molar-refractivity contribution is 7.98. The maximum atomic E-state index is 4.10. The van der Waals surface area contributed by atoms with Crippen molar-refractivity contribution in [1.82, 2.24) is 20.1 Å². The minimum absolute atomic E-state index is 0.529. The van der Waals surface area contributed by atoms with E-state index in [4.69, 9.17) is 0 Å². The van der Waals surface area contributed by atoms with Gasteiger partial charge in [-0.1, -0.05) is 6.92 Å². The molecule has 92 valence electrons. The second-order valence-electron chi connectivity index (χ2n) is 4.08. The molecule has 1 heterocycles. The van der Waals surface area contributed by atoms with E-state index in [1.54, 1.807) is 12.7 Å². The van der Waals surface area contributed by atoms with Gasteiger partial charge in [-0.05, 0) is 26.0 Å². The molecule has 2 atom stereocenters. The summed E-state index contributed by atoms with van der Waals surface area (Å²) in [5.41, 5.74) is 0. The highest BCUT2D eigenvalue weighted by Gasteiger charge is 2.09. The lowest BCUT2D eigenvalue weighted by Crippen LogP contribution is -2.38. The van der Waals surface area contributed by atoms with Gasteiger partial charge >= 0.3 is 0 Å². The number of thioether (sulfide) groups is 1. The summed E-state index contributed by atoms with van der Waals surface area (Å²) >= 11 is 1.90. The molecule has 0 bridgehead atoms. The van der Waals surface area contributed by atoms with E-state index in [1.165, 1.54) is 12.2 Å². The molecule has 1 rings (SSSR count). The fourth-order valence-corrected chi connectivity index (χ4v) is 2.38. The Morgan fingerprint density at radius 1 is 1.50 bits per heavy atom. The average molecular weight is 242 g/mol. The first kappa shape index (κ1) is 13.5. The van der Waals surface area contributed by atoms with E-state index >= 15 is 0 Å². The van der Waals surface area contributed by atoms with Gasteiger partial charge in [0.1, 0.15) is 12.7 Å². The molecule has 16 heavy (non-hydrogen) atoms. The molecule has 0 spiro atoms. The Balaban J connectivity index is 2.21. The average Bonchev–Trinajstić information content (AvgIpc) is 2.78. The highest BCUT2D eigenvalue weighted by atomic mass is 32.2. The zero-order valence-electron chi connectivity index (χ0n) is 10.4. The SMILES string of the molecule is CCC(CSC)NC(C)CCn1cncn1. The van der Waals surface area contributed by atoms with Crippen LogP contribution in [-0.4, -0.2) is 38.9 Å². The van der Waals surface area contributed by atoms with Gasteiger partial charge in [-0.2, -0.15) is 16.9 Å². The largest absolute Gasteiger partial charge is 0.311 e. The quantitative estimate of drug-likeness (QED) is 0.755. The number of hydrogen-bond donors (Lipinski definition) is 1. The summed E-state index contributed by atoms with van der Waals surface area (Å²) in [7, 11) is 0. The molecule has 2 unspecified atom stereocenters. The van der Waals surface area contributed by atoms with Gasteiger partial charge in [0.05, 0.1) is 0 Å². The van der Waals surface area contributed by atoms with Crippen molar-refractivity contribution in [2.75, 3.05) is 12.0 Å². The molecule has 0 aliphatic heterocycles. The molecule has 0 saturated carbocycles.